The number of methoxy groups -OCH3 is 1. The zero-order chi connectivity index (χ0) is 20.1. The monoisotopic (exact) mass is 387 g/mol. The quantitative estimate of drug-likeness (QED) is 0.492. The number of rotatable bonds is 7. The topological polar surface area (TPSA) is 81.9 Å². The largest absolute Gasteiger partial charge is 0.497 e. The van der Waals surface area contributed by atoms with E-state index in [0.29, 0.717) is 12.2 Å². The van der Waals surface area contributed by atoms with Gasteiger partial charge in [-0.3, -0.25) is 9.78 Å². The fourth-order valence-electron chi connectivity index (χ4n) is 3.12. The lowest BCUT2D eigenvalue weighted by atomic mass is 10.0. The van der Waals surface area contributed by atoms with Gasteiger partial charge in [-0.1, -0.05) is 12.1 Å². The molecule has 29 heavy (non-hydrogen) atoms. The van der Waals surface area contributed by atoms with Gasteiger partial charge in [-0.05, 0) is 36.2 Å². The lowest BCUT2D eigenvalue weighted by Crippen LogP contribution is -2.26. The number of hydrogen-bond donors (Lipinski definition) is 1. The van der Waals surface area contributed by atoms with Crippen molar-refractivity contribution in [2.75, 3.05) is 13.7 Å². The Hall–Kier alpha value is -3.74. The van der Waals surface area contributed by atoms with Crippen LogP contribution in [0.5, 0.6) is 5.75 Å². The summed E-state index contributed by atoms with van der Waals surface area (Å²) in [6, 6.07) is 11.3. The summed E-state index contributed by atoms with van der Waals surface area (Å²) in [7, 11) is 1.64. The van der Waals surface area contributed by atoms with Crippen LogP contribution in [-0.4, -0.2) is 39.1 Å². The Balaban J connectivity index is 1.52. The van der Waals surface area contributed by atoms with Crippen LogP contribution in [0.15, 0.2) is 67.5 Å². The average Bonchev–Trinajstić information content (AvgIpc) is 3.29. The van der Waals surface area contributed by atoms with Crippen molar-refractivity contribution in [3.63, 3.8) is 0 Å². The third-order valence-corrected chi connectivity index (χ3v) is 4.67. The molecular formula is C22H21N5O2. The number of ether oxygens (including phenoxy) is 1. The third kappa shape index (κ3) is 4.24. The first kappa shape index (κ1) is 18.6. The van der Waals surface area contributed by atoms with E-state index in [0.717, 1.165) is 40.7 Å². The number of benzene rings is 1. The number of carbonyl (C=O) groups excluding carboxylic acids is 1. The Labute approximate surface area is 168 Å². The summed E-state index contributed by atoms with van der Waals surface area (Å²) in [5.41, 5.74) is 2.98. The van der Waals surface area contributed by atoms with Gasteiger partial charge in [0.15, 0.2) is 0 Å². The van der Waals surface area contributed by atoms with Crippen molar-refractivity contribution in [3.05, 3.63) is 73.2 Å². The van der Waals surface area contributed by atoms with E-state index >= 15 is 0 Å². The summed E-state index contributed by atoms with van der Waals surface area (Å²) in [6.45, 7) is 1.37. The van der Waals surface area contributed by atoms with Crippen LogP contribution in [0.1, 0.15) is 16.9 Å². The number of nitrogens with one attached hydrogen (secondary N) is 1. The van der Waals surface area contributed by atoms with Gasteiger partial charge < -0.3 is 14.6 Å². The Morgan fingerprint density at radius 3 is 2.72 bits per heavy atom. The molecular weight excluding hydrogens is 366 g/mol. The number of aromatic nitrogens is 4. The van der Waals surface area contributed by atoms with Crippen molar-refractivity contribution < 1.29 is 9.53 Å². The van der Waals surface area contributed by atoms with Crippen LogP contribution in [0.2, 0.25) is 0 Å². The van der Waals surface area contributed by atoms with Crippen molar-refractivity contribution in [2.45, 2.75) is 13.0 Å². The van der Waals surface area contributed by atoms with E-state index in [4.69, 9.17) is 4.74 Å². The van der Waals surface area contributed by atoms with Crippen LogP contribution in [0.3, 0.4) is 0 Å². The minimum absolute atomic E-state index is 0.185. The fraction of sp³-hybridized carbons (Fsp3) is 0.182. The van der Waals surface area contributed by atoms with Crippen LogP contribution in [-0.2, 0) is 6.54 Å². The van der Waals surface area contributed by atoms with Gasteiger partial charge in [-0.25, -0.2) is 9.97 Å². The highest BCUT2D eigenvalue weighted by Gasteiger charge is 2.11. The second-order valence-electron chi connectivity index (χ2n) is 6.59. The molecule has 1 N–H and O–H groups in total. The van der Waals surface area contributed by atoms with E-state index in [1.165, 1.54) is 0 Å². The van der Waals surface area contributed by atoms with Gasteiger partial charge in [0.1, 0.15) is 11.4 Å². The maximum absolute atomic E-state index is 12.6. The number of imidazole rings is 1. The number of carbonyl (C=O) groups is 1. The van der Waals surface area contributed by atoms with Gasteiger partial charge in [-0.15, -0.1) is 0 Å². The van der Waals surface area contributed by atoms with Gasteiger partial charge in [0, 0.05) is 48.8 Å². The molecule has 0 unspecified atom stereocenters. The third-order valence-electron chi connectivity index (χ3n) is 4.67. The van der Waals surface area contributed by atoms with Crippen molar-refractivity contribution in [1.29, 1.82) is 0 Å². The Morgan fingerprint density at radius 2 is 1.97 bits per heavy atom. The molecule has 7 nitrogen and oxygen atoms in total. The van der Waals surface area contributed by atoms with Crippen LogP contribution < -0.4 is 10.1 Å². The average molecular weight is 387 g/mol. The molecule has 1 amide bonds. The van der Waals surface area contributed by atoms with E-state index in [-0.39, 0.29) is 5.91 Å². The summed E-state index contributed by atoms with van der Waals surface area (Å²) >= 11 is 0. The SMILES string of the molecule is COc1ccc(-c2cncc3ccc(C(=O)NCCCn4ccnc4)nc23)cc1. The first-order chi connectivity index (χ1) is 14.2. The second kappa shape index (κ2) is 8.52. The van der Waals surface area contributed by atoms with Gasteiger partial charge in [0.25, 0.3) is 5.91 Å². The van der Waals surface area contributed by atoms with Gasteiger partial charge in [0.05, 0.1) is 19.0 Å². The van der Waals surface area contributed by atoms with Crippen LogP contribution in [0, 0.1) is 0 Å². The van der Waals surface area contributed by atoms with Crippen molar-refractivity contribution in [2.24, 2.45) is 0 Å². The van der Waals surface area contributed by atoms with E-state index < -0.39 is 0 Å². The van der Waals surface area contributed by atoms with Gasteiger partial charge in [-0.2, -0.15) is 0 Å². The Morgan fingerprint density at radius 1 is 1.10 bits per heavy atom. The highest BCUT2D eigenvalue weighted by molar-refractivity contribution is 5.98. The molecule has 0 radical (unpaired) electrons. The zero-order valence-electron chi connectivity index (χ0n) is 16.1. The smallest absolute Gasteiger partial charge is 0.269 e. The number of hydrogen-bond acceptors (Lipinski definition) is 5. The van der Waals surface area contributed by atoms with Crippen molar-refractivity contribution in [3.8, 4) is 16.9 Å². The molecule has 1 aromatic carbocycles. The molecule has 4 rings (SSSR count). The maximum Gasteiger partial charge on any atom is 0.269 e. The van der Waals surface area contributed by atoms with Gasteiger partial charge >= 0.3 is 0 Å². The number of amides is 1. The van der Waals surface area contributed by atoms with Crippen LogP contribution >= 0.6 is 0 Å². The lowest BCUT2D eigenvalue weighted by molar-refractivity contribution is 0.0948. The Bertz CT molecular complexity index is 1110. The van der Waals surface area contributed by atoms with E-state index in [1.807, 2.05) is 41.1 Å². The number of pyridine rings is 2. The highest BCUT2D eigenvalue weighted by atomic mass is 16.5. The van der Waals surface area contributed by atoms with E-state index in [2.05, 4.69) is 20.3 Å². The number of fused-ring (bicyclic) bond motifs is 1. The summed E-state index contributed by atoms with van der Waals surface area (Å²) < 4.78 is 7.21. The summed E-state index contributed by atoms with van der Waals surface area (Å²) in [6.07, 6.45) is 9.75. The molecule has 0 aliphatic heterocycles. The van der Waals surface area contributed by atoms with Crippen molar-refractivity contribution >= 4 is 16.8 Å². The minimum atomic E-state index is -0.185. The molecule has 0 aliphatic rings. The predicted molar refractivity (Wildman–Crippen MR) is 111 cm³/mol. The number of nitrogens with zero attached hydrogens (tertiary/aromatic N) is 4. The summed E-state index contributed by atoms with van der Waals surface area (Å²) in [4.78, 5) is 25.5. The molecule has 3 aromatic heterocycles. The molecule has 146 valence electrons. The van der Waals surface area contributed by atoms with Crippen molar-refractivity contribution in [1.82, 2.24) is 24.8 Å². The molecule has 0 bridgehead atoms. The van der Waals surface area contributed by atoms with Crippen LogP contribution in [0.25, 0.3) is 22.0 Å². The highest BCUT2D eigenvalue weighted by Crippen LogP contribution is 2.28. The Kier molecular flexibility index (Phi) is 5.47. The lowest BCUT2D eigenvalue weighted by Gasteiger charge is -2.09. The standard InChI is InChI=1S/C22H21N5O2/c1-29-18-6-3-16(4-7-18)19-14-24-13-17-5-8-20(26-21(17)19)22(28)25-9-2-11-27-12-10-23-15-27/h3-8,10,12-15H,2,9,11H2,1H3,(H,25,28). The molecule has 3 heterocycles. The summed E-state index contributed by atoms with van der Waals surface area (Å²) in [5.74, 6) is 0.598. The summed E-state index contributed by atoms with van der Waals surface area (Å²) in [5, 5.41) is 3.82. The van der Waals surface area contributed by atoms with E-state index in [9.17, 15) is 4.79 Å². The molecule has 0 aliphatic carbocycles. The second-order valence-corrected chi connectivity index (χ2v) is 6.59. The minimum Gasteiger partial charge on any atom is -0.497 e. The number of aryl methyl sites for hydroxylation is 1. The molecule has 0 spiro atoms. The molecule has 0 saturated carbocycles. The van der Waals surface area contributed by atoms with Gasteiger partial charge in [0.2, 0.25) is 0 Å². The molecule has 0 fully saturated rings. The first-order valence-electron chi connectivity index (χ1n) is 9.38. The van der Waals surface area contributed by atoms with Crippen LogP contribution in [0.4, 0.5) is 0 Å². The zero-order valence-corrected chi connectivity index (χ0v) is 16.1. The maximum atomic E-state index is 12.6. The molecule has 7 heteroatoms. The van der Waals surface area contributed by atoms with E-state index in [1.54, 1.807) is 38.1 Å². The molecule has 0 atom stereocenters. The predicted octanol–water partition coefficient (Wildman–Crippen LogP) is 3.32. The molecule has 4 aromatic rings. The fourth-order valence-corrected chi connectivity index (χ4v) is 3.12. The first-order valence-corrected chi connectivity index (χ1v) is 9.38. The molecule has 0 saturated heterocycles. The normalized spacial score (nSPS) is 10.8.